The highest BCUT2D eigenvalue weighted by Crippen LogP contribution is 2.41. The van der Waals surface area contributed by atoms with Crippen molar-refractivity contribution in [3.63, 3.8) is 0 Å². The molecule has 0 radical (unpaired) electrons. The van der Waals surface area contributed by atoms with Gasteiger partial charge in [-0.25, -0.2) is 27.7 Å². The summed E-state index contributed by atoms with van der Waals surface area (Å²) in [7, 11) is -4.01. The fourth-order valence-electron chi connectivity index (χ4n) is 4.62. The largest absolute Gasteiger partial charge is 0.473 e. The van der Waals surface area contributed by atoms with Gasteiger partial charge in [-0.15, -0.1) is 0 Å². The predicted molar refractivity (Wildman–Crippen MR) is 176 cm³/mol. The van der Waals surface area contributed by atoms with Crippen LogP contribution in [0.15, 0.2) is 108 Å². The number of sulfonamides is 1. The van der Waals surface area contributed by atoms with Crippen LogP contribution in [0.5, 0.6) is 11.9 Å². The summed E-state index contributed by atoms with van der Waals surface area (Å²) in [6.07, 6.45) is 6.80. The number of hydrogen-bond acceptors (Lipinski definition) is 8. The number of nitrogens with zero attached hydrogens (tertiary/aromatic N) is 5. The number of aromatic nitrogens is 4. The van der Waals surface area contributed by atoms with Gasteiger partial charge >= 0.3 is 6.01 Å². The molecule has 0 saturated heterocycles. The first-order valence-corrected chi connectivity index (χ1v) is 15.9. The van der Waals surface area contributed by atoms with Crippen molar-refractivity contribution in [2.45, 2.75) is 38.1 Å². The van der Waals surface area contributed by atoms with Gasteiger partial charge in [0.1, 0.15) is 19.5 Å². The van der Waals surface area contributed by atoms with Crippen LogP contribution in [0.2, 0.25) is 0 Å². The first-order valence-electron chi connectivity index (χ1n) is 14.5. The van der Waals surface area contributed by atoms with Gasteiger partial charge in [-0.05, 0) is 63.1 Å². The molecule has 230 valence electrons. The molecule has 0 unspecified atom stereocenters. The number of rotatable bonds is 11. The average Bonchev–Trinajstić information content (AvgIpc) is 3.03. The van der Waals surface area contributed by atoms with E-state index in [4.69, 9.17) is 9.47 Å². The standard InChI is InChI=1S/C35H35N5O4S/c1-26-15-18-28(19-16-26)31-32(40(35(2,3)4)45(41,42)30-13-9-6-10-14-30)37-25-38-33(31)43-23-24-44-34-36-22-21-29(39-34)20-17-27-11-7-5-8-12-27/h5-22,25H,23-24H2,1-4H3/b20-17+. The van der Waals surface area contributed by atoms with E-state index >= 15 is 0 Å². The highest BCUT2D eigenvalue weighted by atomic mass is 32.2. The normalized spacial score (nSPS) is 11.8. The molecule has 45 heavy (non-hydrogen) atoms. The Bertz CT molecular complexity index is 1860. The first-order chi connectivity index (χ1) is 21.6. The van der Waals surface area contributed by atoms with E-state index in [1.165, 1.54) is 10.6 Å². The summed E-state index contributed by atoms with van der Waals surface area (Å²) in [5, 5.41) is 0. The number of hydrogen-bond donors (Lipinski definition) is 0. The van der Waals surface area contributed by atoms with E-state index in [0.717, 1.165) is 11.1 Å². The van der Waals surface area contributed by atoms with Crippen LogP contribution in [0.3, 0.4) is 0 Å². The summed E-state index contributed by atoms with van der Waals surface area (Å²) >= 11 is 0. The molecule has 0 amide bonds. The van der Waals surface area contributed by atoms with Crippen LogP contribution in [0, 0.1) is 6.92 Å². The third-order valence-electron chi connectivity index (χ3n) is 6.67. The molecule has 5 rings (SSSR count). The van der Waals surface area contributed by atoms with Crippen molar-refractivity contribution in [2.75, 3.05) is 17.5 Å². The van der Waals surface area contributed by atoms with Crippen molar-refractivity contribution in [3.05, 3.63) is 120 Å². The first kappa shape index (κ1) is 31.3. The predicted octanol–water partition coefficient (Wildman–Crippen LogP) is 6.86. The third-order valence-corrected chi connectivity index (χ3v) is 8.74. The molecule has 0 N–H and O–H groups in total. The molecule has 0 bridgehead atoms. The minimum atomic E-state index is -4.01. The molecule has 0 saturated carbocycles. The maximum atomic E-state index is 14.1. The van der Waals surface area contributed by atoms with E-state index in [0.29, 0.717) is 16.8 Å². The van der Waals surface area contributed by atoms with Gasteiger partial charge in [0.2, 0.25) is 5.88 Å². The number of ether oxygens (including phenoxy) is 2. The monoisotopic (exact) mass is 621 g/mol. The Morgan fingerprint density at radius 3 is 2.13 bits per heavy atom. The smallest absolute Gasteiger partial charge is 0.316 e. The Balaban J connectivity index is 1.41. The van der Waals surface area contributed by atoms with Crippen LogP contribution < -0.4 is 13.8 Å². The molecule has 2 aromatic heterocycles. The topological polar surface area (TPSA) is 107 Å². The summed E-state index contributed by atoms with van der Waals surface area (Å²) in [6, 6.07) is 28.0. The Morgan fingerprint density at radius 2 is 1.44 bits per heavy atom. The lowest BCUT2D eigenvalue weighted by molar-refractivity contribution is 0.202. The quantitative estimate of drug-likeness (QED) is 0.147. The van der Waals surface area contributed by atoms with Crippen molar-refractivity contribution in [2.24, 2.45) is 0 Å². The van der Waals surface area contributed by atoms with E-state index in [9.17, 15) is 8.42 Å². The van der Waals surface area contributed by atoms with Crippen LogP contribution in [0.4, 0.5) is 5.82 Å². The van der Waals surface area contributed by atoms with Gasteiger partial charge in [0, 0.05) is 11.7 Å². The molecule has 2 heterocycles. The van der Waals surface area contributed by atoms with Crippen molar-refractivity contribution in [1.29, 1.82) is 0 Å². The average molecular weight is 622 g/mol. The van der Waals surface area contributed by atoms with Crippen LogP contribution in [0.25, 0.3) is 23.3 Å². The Kier molecular flexibility index (Phi) is 9.53. The SMILES string of the molecule is Cc1ccc(-c2c(OCCOc3nccc(/C=C/c4ccccc4)n3)ncnc2N(C(C)(C)C)S(=O)(=O)c2ccccc2)cc1. The molecule has 0 aliphatic carbocycles. The van der Waals surface area contributed by atoms with E-state index in [1.807, 2.05) is 94.4 Å². The van der Waals surface area contributed by atoms with Gasteiger partial charge in [-0.2, -0.15) is 4.98 Å². The zero-order valence-corrected chi connectivity index (χ0v) is 26.5. The highest BCUT2D eigenvalue weighted by Gasteiger charge is 2.38. The molecule has 0 atom stereocenters. The zero-order chi connectivity index (χ0) is 31.9. The van der Waals surface area contributed by atoms with Gasteiger partial charge in [0.25, 0.3) is 10.0 Å². The molecule has 0 aliphatic heterocycles. The second-order valence-corrected chi connectivity index (χ2v) is 13.0. The summed E-state index contributed by atoms with van der Waals surface area (Å²) in [4.78, 5) is 17.8. The van der Waals surface area contributed by atoms with Gasteiger partial charge < -0.3 is 9.47 Å². The van der Waals surface area contributed by atoms with Crippen LogP contribution in [-0.4, -0.2) is 47.1 Å². The van der Waals surface area contributed by atoms with Crippen LogP contribution in [-0.2, 0) is 10.0 Å². The Hall–Kier alpha value is -5.09. The van der Waals surface area contributed by atoms with E-state index in [2.05, 4.69) is 19.9 Å². The lowest BCUT2D eigenvalue weighted by Crippen LogP contribution is -2.46. The summed E-state index contributed by atoms with van der Waals surface area (Å²) in [5.74, 6) is 0.438. The van der Waals surface area contributed by atoms with Gasteiger partial charge in [0.05, 0.1) is 16.2 Å². The van der Waals surface area contributed by atoms with E-state index in [1.54, 1.807) is 42.6 Å². The zero-order valence-electron chi connectivity index (χ0n) is 25.7. The fourth-order valence-corrected chi connectivity index (χ4v) is 6.42. The van der Waals surface area contributed by atoms with Crippen molar-refractivity contribution < 1.29 is 17.9 Å². The highest BCUT2D eigenvalue weighted by molar-refractivity contribution is 7.93. The minimum Gasteiger partial charge on any atom is -0.473 e. The van der Waals surface area contributed by atoms with Crippen LogP contribution in [0.1, 0.15) is 37.6 Å². The second kappa shape index (κ2) is 13.7. The summed E-state index contributed by atoms with van der Waals surface area (Å²) in [5.41, 5.74) is 3.11. The molecule has 0 aliphatic rings. The van der Waals surface area contributed by atoms with E-state index < -0.39 is 15.6 Å². The molecule has 0 fully saturated rings. The second-order valence-electron chi connectivity index (χ2n) is 11.2. The van der Waals surface area contributed by atoms with Crippen molar-refractivity contribution in [3.8, 4) is 23.0 Å². The fraction of sp³-hybridized carbons (Fsp3) is 0.200. The third kappa shape index (κ3) is 7.71. The van der Waals surface area contributed by atoms with E-state index in [-0.39, 0.29) is 35.8 Å². The molecule has 9 nitrogen and oxygen atoms in total. The molecule has 3 aromatic carbocycles. The molecular formula is C35H35N5O4S. The number of anilines is 1. The molecule has 10 heteroatoms. The molecule has 5 aromatic rings. The van der Waals surface area contributed by atoms with Crippen molar-refractivity contribution in [1.82, 2.24) is 19.9 Å². The minimum absolute atomic E-state index is 0.101. The lowest BCUT2D eigenvalue weighted by atomic mass is 10.0. The van der Waals surface area contributed by atoms with Crippen molar-refractivity contribution >= 4 is 28.0 Å². The van der Waals surface area contributed by atoms with Gasteiger partial charge in [-0.1, -0.05) is 84.4 Å². The summed E-state index contributed by atoms with van der Waals surface area (Å²) < 4.78 is 41.4. The maximum Gasteiger partial charge on any atom is 0.316 e. The van der Waals surface area contributed by atoms with Crippen LogP contribution >= 0.6 is 0 Å². The van der Waals surface area contributed by atoms with Gasteiger partial charge in [0.15, 0.2) is 5.82 Å². The summed E-state index contributed by atoms with van der Waals surface area (Å²) in [6.45, 7) is 7.69. The molecule has 0 spiro atoms. The Labute approximate surface area is 264 Å². The lowest BCUT2D eigenvalue weighted by Gasteiger charge is -2.36. The number of benzene rings is 3. The van der Waals surface area contributed by atoms with Gasteiger partial charge in [-0.3, -0.25) is 0 Å². The maximum absolute atomic E-state index is 14.1. The molecular weight excluding hydrogens is 586 g/mol. The number of aryl methyl sites for hydroxylation is 1. The Morgan fingerprint density at radius 1 is 0.778 bits per heavy atom.